The summed E-state index contributed by atoms with van der Waals surface area (Å²) >= 11 is 1.79. The van der Waals surface area contributed by atoms with E-state index in [2.05, 4.69) is 16.9 Å². The van der Waals surface area contributed by atoms with E-state index in [0.717, 1.165) is 48.5 Å². The number of ether oxygens (including phenoxy) is 1. The minimum Gasteiger partial charge on any atom is -0.385 e. The number of thiazole rings is 1. The lowest BCUT2D eigenvalue weighted by molar-refractivity contribution is 0.184. The van der Waals surface area contributed by atoms with E-state index >= 15 is 0 Å². The summed E-state index contributed by atoms with van der Waals surface area (Å²) in [5, 5.41) is 5.60. The molecule has 0 spiro atoms. The standard InChI is InChI=1S/C15H24N4OS/c1-11-13-14(18(2)17-11)16-15(21-13)19-8-4-6-12(10-19)7-5-9-20-3/h12H,4-10H2,1-3H3/t12-/m1/s1. The molecular formula is C15H24N4OS. The van der Waals surface area contributed by atoms with Gasteiger partial charge in [0, 0.05) is 33.9 Å². The molecule has 0 bridgehead atoms. The molecule has 0 unspecified atom stereocenters. The number of rotatable bonds is 5. The SMILES string of the molecule is COCCC[C@H]1CCCN(c2nc3c(s2)c(C)nn3C)C1. The summed E-state index contributed by atoms with van der Waals surface area (Å²) in [6.07, 6.45) is 5.03. The normalized spacial score (nSPS) is 19.6. The van der Waals surface area contributed by atoms with Crippen molar-refractivity contribution in [2.24, 2.45) is 13.0 Å². The van der Waals surface area contributed by atoms with Crippen molar-refractivity contribution in [1.82, 2.24) is 14.8 Å². The maximum absolute atomic E-state index is 5.17. The molecule has 116 valence electrons. The van der Waals surface area contributed by atoms with Crippen LogP contribution in [0.15, 0.2) is 0 Å². The summed E-state index contributed by atoms with van der Waals surface area (Å²) < 4.78 is 8.29. The van der Waals surface area contributed by atoms with Gasteiger partial charge < -0.3 is 9.64 Å². The lowest BCUT2D eigenvalue weighted by Crippen LogP contribution is -2.35. The van der Waals surface area contributed by atoms with Gasteiger partial charge in [0.1, 0.15) is 0 Å². The molecule has 0 aliphatic carbocycles. The maximum Gasteiger partial charge on any atom is 0.188 e. The second kappa shape index (κ2) is 6.32. The predicted octanol–water partition coefficient (Wildman–Crippen LogP) is 2.98. The number of anilines is 1. The first-order valence-electron chi connectivity index (χ1n) is 7.73. The first-order valence-corrected chi connectivity index (χ1v) is 8.54. The summed E-state index contributed by atoms with van der Waals surface area (Å²) in [6.45, 7) is 5.21. The van der Waals surface area contributed by atoms with E-state index in [1.807, 2.05) is 11.7 Å². The minimum absolute atomic E-state index is 0.778. The molecular weight excluding hydrogens is 284 g/mol. The van der Waals surface area contributed by atoms with Crippen molar-refractivity contribution in [3.63, 3.8) is 0 Å². The molecule has 1 aliphatic rings. The molecule has 0 amide bonds. The monoisotopic (exact) mass is 308 g/mol. The minimum atomic E-state index is 0.778. The zero-order chi connectivity index (χ0) is 14.8. The number of aromatic nitrogens is 3. The molecule has 0 saturated carbocycles. The van der Waals surface area contributed by atoms with Gasteiger partial charge in [-0.15, -0.1) is 0 Å². The molecule has 0 aromatic carbocycles. The highest BCUT2D eigenvalue weighted by Crippen LogP contribution is 2.33. The van der Waals surface area contributed by atoms with E-state index in [9.17, 15) is 0 Å². The Morgan fingerprint density at radius 2 is 2.29 bits per heavy atom. The Hall–Kier alpha value is -1.14. The van der Waals surface area contributed by atoms with Crippen molar-refractivity contribution in [2.75, 3.05) is 31.7 Å². The molecule has 2 aromatic heterocycles. The molecule has 3 rings (SSSR count). The number of nitrogens with zero attached hydrogens (tertiary/aromatic N) is 4. The molecule has 1 atom stereocenters. The zero-order valence-electron chi connectivity index (χ0n) is 13.1. The van der Waals surface area contributed by atoms with E-state index in [0.29, 0.717) is 0 Å². The Morgan fingerprint density at radius 3 is 3.05 bits per heavy atom. The molecule has 0 N–H and O–H groups in total. The third kappa shape index (κ3) is 3.06. The second-order valence-electron chi connectivity index (χ2n) is 5.95. The highest BCUT2D eigenvalue weighted by Gasteiger charge is 2.23. The average Bonchev–Trinajstić information content (AvgIpc) is 3.02. The number of aryl methyl sites for hydroxylation is 2. The summed E-state index contributed by atoms with van der Waals surface area (Å²) in [7, 11) is 3.76. The Morgan fingerprint density at radius 1 is 1.43 bits per heavy atom. The van der Waals surface area contributed by atoms with Gasteiger partial charge in [0.2, 0.25) is 0 Å². The van der Waals surface area contributed by atoms with Gasteiger partial charge in [-0.1, -0.05) is 11.3 Å². The Balaban J connectivity index is 1.71. The van der Waals surface area contributed by atoms with E-state index in [4.69, 9.17) is 9.72 Å². The molecule has 6 heteroatoms. The van der Waals surface area contributed by atoms with Crippen LogP contribution in [0.3, 0.4) is 0 Å². The van der Waals surface area contributed by atoms with Crippen LogP contribution in [0.1, 0.15) is 31.4 Å². The number of hydrogen-bond donors (Lipinski definition) is 0. The van der Waals surface area contributed by atoms with E-state index < -0.39 is 0 Å². The van der Waals surface area contributed by atoms with Crippen LogP contribution in [0.4, 0.5) is 5.13 Å². The van der Waals surface area contributed by atoms with Crippen LogP contribution in [0.25, 0.3) is 10.3 Å². The third-order valence-corrected chi connectivity index (χ3v) is 5.50. The van der Waals surface area contributed by atoms with E-state index in [1.54, 1.807) is 18.4 Å². The molecule has 1 aliphatic heterocycles. The molecule has 2 aromatic rings. The van der Waals surface area contributed by atoms with Crippen molar-refractivity contribution in [3.05, 3.63) is 5.69 Å². The second-order valence-corrected chi connectivity index (χ2v) is 6.93. The highest BCUT2D eigenvalue weighted by atomic mass is 32.1. The molecule has 1 saturated heterocycles. The van der Waals surface area contributed by atoms with Crippen molar-refractivity contribution in [1.29, 1.82) is 0 Å². The van der Waals surface area contributed by atoms with Gasteiger partial charge in [-0.25, -0.2) is 9.67 Å². The third-order valence-electron chi connectivity index (χ3n) is 4.28. The lowest BCUT2D eigenvalue weighted by Gasteiger charge is -2.32. The van der Waals surface area contributed by atoms with Crippen LogP contribution in [-0.4, -0.2) is 41.6 Å². The Labute approximate surface area is 129 Å². The fourth-order valence-electron chi connectivity index (χ4n) is 3.20. The Kier molecular flexibility index (Phi) is 4.45. The lowest BCUT2D eigenvalue weighted by atomic mass is 9.94. The predicted molar refractivity (Wildman–Crippen MR) is 87.2 cm³/mol. The first kappa shape index (κ1) is 14.8. The maximum atomic E-state index is 5.17. The van der Waals surface area contributed by atoms with Crippen molar-refractivity contribution in [2.45, 2.75) is 32.6 Å². The van der Waals surface area contributed by atoms with Crippen molar-refractivity contribution in [3.8, 4) is 0 Å². The van der Waals surface area contributed by atoms with Crippen molar-refractivity contribution >= 4 is 26.8 Å². The number of piperidine rings is 1. The smallest absolute Gasteiger partial charge is 0.188 e. The topological polar surface area (TPSA) is 43.2 Å². The largest absolute Gasteiger partial charge is 0.385 e. The first-order chi connectivity index (χ1) is 10.2. The summed E-state index contributed by atoms with van der Waals surface area (Å²) in [5.74, 6) is 0.778. The van der Waals surface area contributed by atoms with Crippen molar-refractivity contribution < 1.29 is 4.74 Å². The fourth-order valence-corrected chi connectivity index (χ4v) is 4.27. The molecule has 1 fully saturated rings. The van der Waals surface area contributed by atoms with Crippen LogP contribution < -0.4 is 4.90 Å². The number of hydrogen-bond acceptors (Lipinski definition) is 5. The summed E-state index contributed by atoms with van der Waals surface area (Å²) in [4.78, 5) is 7.27. The van der Waals surface area contributed by atoms with Crippen LogP contribution in [0, 0.1) is 12.8 Å². The summed E-state index contributed by atoms with van der Waals surface area (Å²) in [5.41, 5.74) is 2.11. The van der Waals surface area contributed by atoms with Crippen LogP contribution in [-0.2, 0) is 11.8 Å². The highest BCUT2D eigenvalue weighted by molar-refractivity contribution is 7.22. The van der Waals surface area contributed by atoms with Gasteiger partial charge in [-0.05, 0) is 38.5 Å². The van der Waals surface area contributed by atoms with Gasteiger partial charge >= 0.3 is 0 Å². The van der Waals surface area contributed by atoms with E-state index in [1.165, 1.54) is 24.0 Å². The number of methoxy groups -OCH3 is 1. The van der Waals surface area contributed by atoms with Gasteiger partial charge in [0.05, 0.1) is 10.4 Å². The molecule has 3 heterocycles. The average molecular weight is 308 g/mol. The van der Waals surface area contributed by atoms with Gasteiger partial charge in [0.15, 0.2) is 10.8 Å². The number of fused-ring (bicyclic) bond motifs is 1. The van der Waals surface area contributed by atoms with Gasteiger partial charge in [-0.3, -0.25) is 0 Å². The van der Waals surface area contributed by atoms with Gasteiger partial charge in [-0.2, -0.15) is 5.10 Å². The fraction of sp³-hybridized carbons (Fsp3) is 0.733. The molecule has 5 nitrogen and oxygen atoms in total. The van der Waals surface area contributed by atoms with Crippen LogP contribution >= 0.6 is 11.3 Å². The quantitative estimate of drug-likeness (QED) is 0.797. The summed E-state index contributed by atoms with van der Waals surface area (Å²) in [6, 6.07) is 0. The van der Waals surface area contributed by atoms with Crippen LogP contribution in [0.2, 0.25) is 0 Å². The molecule has 21 heavy (non-hydrogen) atoms. The zero-order valence-corrected chi connectivity index (χ0v) is 13.9. The van der Waals surface area contributed by atoms with Gasteiger partial charge in [0.25, 0.3) is 0 Å². The van der Waals surface area contributed by atoms with E-state index in [-0.39, 0.29) is 0 Å². The molecule has 0 radical (unpaired) electrons. The Bertz CT molecular complexity index is 572. The van der Waals surface area contributed by atoms with Crippen LogP contribution in [0.5, 0.6) is 0 Å².